The van der Waals surface area contributed by atoms with E-state index >= 15 is 0 Å². The van der Waals surface area contributed by atoms with Crippen LogP contribution in [0.25, 0.3) is 16.7 Å². The van der Waals surface area contributed by atoms with Gasteiger partial charge in [0.2, 0.25) is 5.71 Å². The van der Waals surface area contributed by atoms with Crippen molar-refractivity contribution in [3.05, 3.63) is 48.3 Å². The highest BCUT2D eigenvalue weighted by molar-refractivity contribution is 6.10. The average molecular weight is 305 g/mol. The molecule has 110 valence electrons. The molecule has 0 aliphatic heterocycles. The fraction of sp³-hybridized carbons (Fsp3) is 0. The first-order chi connectivity index (χ1) is 11.2. The highest BCUT2D eigenvalue weighted by atomic mass is 19.1. The Labute approximate surface area is 129 Å². The van der Waals surface area contributed by atoms with Gasteiger partial charge in [0.1, 0.15) is 29.0 Å². The Morgan fingerprint density at radius 2 is 1.74 bits per heavy atom. The number of hydrazone groups is 1. The summed E-state index contributed by atoms with van der Waals surface area (Å²) in [5, 5.41) is 29.5. The number of benzene rings is 2. The lowest BCUT2D eigenvalue weighted by Gasteiger charge is -1.98. The molecular formula is C15H8FN7. The second kappa shape index (κ2) is 5.92. The van der Waals surface area contributed by atoms with Crippen LogP contribution in [0.4, 0.5) is 10.1 Å². The second-order valence-electron chi connectivity index (χ2n) is 4.47. The topological polar surface area (TPSA) is 103 Å². The number of rotatable bonds is 3. The van der Waals surface area contributed by atoms with Gasteiger partial charge in [-0.3, -0.25) is 5.43 Å². The van der Waals surface area contributed by atoms with E-state index in [-0.39, 0.29) is 11.5 Å². The minimum Gasteiger partial charge on any atom is -0.276 e. The minimum absolute atomic E-state index is 0.278. The molecule has 0 atom stereocenters. The molecule has 0 saturated heterocycles. The third kappa shape index (κ3) is 2.96. The van der Waals surface area contributed by atoms with E-state index < -0.39 is 0 Å². The maximum absolute atomic E-state index is 13.0. The first kappa shape index (κ1) is 14.2. The third-order valence-electron chi connectivity index (χ3n) is 2.95. The van der Waals surface area contributed by atoms with Crippen molar-refractivity contribution >= 4 is 22.4 Å². The molecule has 1 aromatic heterocycles. The number of fused-ring (bicyclic) bond motifs is 1. The lowest BCUT2D eigenvalue weighted by molar-refractivity contribution is 0.626. The van der Waals surface area contributed by atoms with Crippen LogP contribution in [-0.2, 0) is 0 Å². The standard InChI is InChI=1S/C15H8FN7/c16-10-1-4-13(5-2-10)23-21-14-6-3-11(7-15(14)22-23)19-20-12(8-17)9-18/h1-7,19H. The number of aromatic nitrogens is 3. The summed E-state index contributed by atoms with van der Waals surface area (Å²) in [6.45, 7) is 0. The molecule has 0 radical (unpaired) electrons. The Bertz CT molecular complexity index is 958. The average Bonchev–Trinajstić information content (AvgIpc) is 2.99. The van der Waals surface area contributed by atoms with E-state index in [1.54, 1.807) is 42.5 Å². The fourth-order valence-corrected chi connectivity index (χ4v) is 1.87. The van der Waals surface area contributed by atoms with Crippen molar-refractivity contribution in [3.63, 3.8) is 0 Å². The van der Waals surface area contributed by atoms with Crippen LogP contribution in [0.2, 0.25) is 0 Å². The molecule has 1 heterocycles. The molecule has 7 nitrogen and oxygen atoms in total. The van der Waals surface area contributed by atoms with Gasteiger partial charge in [0.25, 0.3) is 0 Å². The lowest BCUT2D eigenvalue weighted by Crippen LogP contribution is -1.98. The van der Waals surface area contributed by atoms with Crippen molar-refractivity contribution in [2.75, 3.05) is 5.43 Å². The van der Waals surface area contributed by atoms with Crippen LogP contribution < -0.4 is 5.43 Å². The quantitative estimate of drug-likeness (QED) is 0.591. The van der Waals surface area contributed by atoms with Gasteiger partial charge < -0.3 is 0 Å². The normalized spacial score (nSPS) is 9.87. The van der Waals surface area contributed by atoms with E-state index in [0.717, 1.165) is 0 Å². The summed E-state index contributed by atoms with van der Waals surface area (Å²) in [5.41, 5.74) is 4.76. The molecule has 3 rings (SSSR count). The van der Waals surface area contributed by atoms with Gasteiger partial charge in [-0.05, 0) is 42.5 Å². The first-order valence-electron chi connectivity index (χ1n) is 6.46. The lowest BCUT2D eigenvalue weighted by atomic mass is 10.3. The summed E-state index contributed by atoms with van der Waals surface area (Å²) in [4.78, 5) is 1.40. The fourth-order valence-electron chi connectivity index (χ4n) is 1.87. The van der Waals surface area contributed by atoms with Crippen molar-refractivity contribution in [1.82, 2.24) is 15.0 Å². The molecule has 0 saturated carbocycles. The zero-order valence-electron chi connectivity index (χ0n) is 11.6. The van der Waals surface area contributed by atoms with Crippen molar-refractivity contribution in [2.45, 2.75) is 0 Å². The molecule has 3 aromatic rings. The number of nitrogens with one attached hydrogen (secondary N) is 1. The van der Waals surface area contributed by atoms with E-state index in [1.807, 2.05) is 0 Å². The Morgan fingerprint density at radius 3 is 2.43 bits per heavy atom. The summed E-state index contributed by atoms with van der Waals surface area (Å²) in [5.74, 6) is -0.333. The Morgan fingerprint density at radius 1 is 1.04 bits per heavy atom. The Kier molecular flexibility index (Phi) is 3.64. The SMILES string of the molecule is N#CC(C#N)=NNc1ccc2nn(-c3ccc(F)cc3)nc2c1. The molecule has 0 unspecified atom stereocenters. The maximum atomic E-state index is 13.0. The monoisotopic (exact) mass is 305 g/mol. The van der Waals surface area contributed by atoms with Crippen LogP contribution in [0.3, 0.4) is 0 Å². The van der Waals surface area contributed by atoms with Crippen molar-refractivity contribution in [2.24, 2.45) is 5.10 Å². The van der Waals surface area contributed by atoms with Gasteiger partial charge in [0, 0.05) is 0 Å². The molecule has 8 heteroatoms. The van der Waals surface area contributed by atoms with Crippen LogP contribution in [-0.4, -0.2) is 20.7 Å². The number of anilines is 1. The van der Waals surface area contributed by atoms with Crippen LogP contribution in [0.15, 0.2) is 47.6 Å². The highest BCUT2D eigenvalue weighted by Crippen LogP contribution is 2.17. The Balaban J connectivity index is 1.92. The zero-order valence-corrected chi connectivity index (χ0v) is 11.6. The van der Waals surface area contributed by atoms with Gasteiger partial charge >= 0.3 is 0 Å². The molecule has 0 amide bonds. The van der Waals surface area contributed by atoms with E-state index in [9.17, 15) is 4.39 Å². The van der Waals surface area contributed by atoms with Gasteiger partial charge in [0.15, 0.2) is 0 Å². The van der Waals surface area contributed by atoms with Gasteiger partial charge in [-0.2, -0.15) is 20.4 Å². The van der Waals surface area contributed by atoms with Crippen LogP contribution in [0.5, 0.6) is 0 Å². The van der Waals surface area contributed by atoms with Crippen LogP contribution in [0, 0.1) is 28.5 Å². The smallest absolute Gasteiger partial charge is 0.237 e. The van der Waals surface area contributed by atoms with E-state index in [2.05, 4.69) is 20.7 Å². The van der Waals surface area contributed by atoms with Crippen LogP contribution in [0.1, 0.15) is 0 Å². The summed E-state index contributed by atoms with van der Waals surface area (Å²) in [7, 11) is 0. The van der Waals surface area contributed by atoms with Gasteiger partial charge in [-0.15, -0.1) is 10.2 Å². The van der Waals surface area contributed by atoms with Gasteiger partial charge in [-0.1, -0.05) is 0 Å². The molecule has 23 heavy (non-hydrogen) atoms. The third-order valence-corrected chi connectivity index (χ3v) is 2.95. The molecule has 0 fully saturated rings. The highest BCUT2D eigenvalue weighted by Gasteiger charge is 2.06. The van der Waals surface area contributed by atoms with Crippen molar-refractivity contribution in [1.29, 1.82) is 10.5 Å². The number of hydrogen-bond acceptors (Lipinski definition) is 6. The van der Waals surface area contributed by atoms with Gasteiger partial charge in [0.05, 0.1) is 11.4 Å². The number of nitriles is 2. The second-order valence-corrected chi connectivity index (χ2v) is 4.47. The molecule has 0 spiro atoms. The summed E-state index contributed by atoms with van der Waals surface area (Å²) in [6, 6.07) is 14.2. The van der Waals surface area contributed by atoms with Crippen molar-refractivity contribution < 1.29 is 4.39 Å². The Hall–Kier alpha value is -3.78. The van der Waals surface area contributed by atoms with Crippen LogP contribution >= 0.6 is 0 Å². The molecule has 0 bridgehead atoms. The van der Waals surface area contributed by atoms with E-state index in [0.29, 0.717) is 22.4 Å². The largest absolute Gasteiger partial charge is 0.276 e. The summed E-state index contributed by atoms with van der Waals surface area (Å²) >= 11 is 0. The first-order valence-corrected chi connectivity index (χ1v) is 6.46. The van der Waals surface area contributed by atoms with Crippen molar-refractivity contribution in [3.8, 4) is 17.8 Å². The number of nitrogens with zero attached hydrogens (tertiary/aromatic N) is 6. The van der Waals surface area contributed by atoms with E-state index in [1.165, 1.54) is 16.9 Å². The molecule has 0 aliphatic rings. The molecule has 1 N–H and O–H groups in total. The predicted molar refractivity (Wildman–Crippen MR) is 81.1 cm³/mol. The summed E-state index contributed by atoms with van der Waals surface area (Å²) in [6.07, 6.45) is 0. The number of hydrogen-bond donors (Lipinski definition) is 1. The summed E-state index contributed by atoms with van der Waals surface area (Å²) < 4.78 is 13.0. The molecule has 2 aromatic carbocycles. The maximum Gasteiger partial charge on any atom is 0.237 e. The van der Waals surface area contributed by atoms with E-state index in [4.69, 9.17) is 10.5 Å². The zero-order chi connectivity index (χ0) is 16.2. The number of halogens is 1. The molecule has 0 aliphatic carbocycles. The van der Waals surface area contributed by atoms with Gasteiger partial charge in [-0.25, -0.2) is 4.39 Å². The molecular weight excluding hydrogens is 297 g/mol. The minimum atomic E-state index is -0.333. The predicted octanol–water partition coefficient (Wildman–Crippen LogP) is 2.37.